The summed E-state index contributed by atoms with van der Waals surface area (Å²) in [7, 11) is 1.55. The molecule has 1 aromatic carbocycles. The van der Waals surface area contributed by atoms with E-state index in [1.165, 1.54) is 5.56 Å². The van der Waals surface area contributed by atoms with Crippen molar-refractivity contribution in [3.8, 4) is 5.75 Å². The molecule has 0 spiro atoms. The van der Waals surface area contributed by atoms with Crippen LogP contribution in [0.5, 0.6) is 5.75 Å². The molecule has 0 saturated heterocycles. The lowest BCUT2D eigenvalue weighted by Gasteiger charge is -2.14. The topological polar surface area (TPSA) is 50.7 Å². The van der Waals surface area contributed by atoms with Crippen LogP contribution in [0.4, 0.5) is 0 Å². The van der Waals surface area contributed by atoms with Crippen LogP contribution in [0.1, 0.15) is 19.4 Å². The summed E-state index contributed by atoms with van der Waals surface area (Å²) in [6, 6.07) is 6.39. The molecule has 19 heavy (non-hydrogen) atoms. The second-order valence-electron chi connectivity index (χ2n) is 4.72. The molecule has 1 unspecified atom stereocenters. The SMILES string of the molecule is COCC(O)COc1ccc(CNC(C)C)cc1Br. The molecule has 0 fully saturated rings. The molecule has 0 bridgehead atoms. The third kappa shape index (κ3) is 6.38. The van der Waals surface area contributed by atoms with Crippen molar-refractivity contribution in [2.24, 2.45) is 0 Å². The maximum absolute atomic E-state index is 9.53. The zero-order valence-electron chi connectivity index (χ0n) is 11.6. The maximum atomic E-state index is 9.53. The summed E-state index contributed by atoms with van der Waals surface area (Å²) in [6.07, 6.45) is -0.612. The molecule has 1 atom stereocenters. The summed E-state index contributed by atoms with van der Waals surface area (Å²) >= 11 is 3.48. The summed E-state index contributed by atoms with van der Waals surface area (Å²) in [5, 5.41) is 12.9. The first-order valence-corrected chi connectivity index (χ1v) is 7.13. The molecular formula is C14H22BrNO3. The molecule has 0 aliphatic rings. The van der Waals surface area contributed by atoms with E-state index in [9.17, 15) is 5.11 Å². The number of nitrogens with one attached hydrogen (secondary N) is 1. The highest BCUT2D eigenvalue weighted by atomic mass is 79.9. The van der Waals surface area contributed by atoms with Gasteiger partial charge in [0.15, 0.2) is 0 Å². The van der Waals surface area contributed by atoms with Gasteiger partial charge in [-0.05, 0) is 33.6 Å². The van der Waals surface area contributed by atoms with E-state index in [0.29, 0.717) is 6.04 Å². The van der Waals surface area contributed by atoms with Gasteiger partial charge in [0, 0.05) is 19.7 Å². The molecule has 108 valence electrons. The van der Waals surface area contributed by atoms with Crippen LogP contribution in [0, 0.1) is 0 Å². The summed E-state index contributed by atoms with van der Waals surface area (Å²) in [5.41, 5.74) is 1.19. The fourth-order valence-electron chi connectivity index (χ4n) is 1.52. The lowest BCUT2D eigenvalue weighted by molar-refractivity contribution is 0.0323. The second-order valence-corrected chi connectivity index (χ2v) is 5.57. The number of hydrogen-bond acceptors (Lipinski definition) is 4. The van der Waals surface area contributed by atoms with Gasteiger partial charge in [-0.1, -0.05) is 19.9 Å². The van der Waals surface area contributed by atoms with E-state index in [4.69, 9.17) is 9.47 Å². The molecule has 4 nitrogen and oxygen atoms in total. The predicted octanol–water partition coefficient (Wildman–Crippen LogP) is 2.33. The van der Waals surface area contributed by atoms with Gasteiger partial charge in [0.1, 0.15) is 18.5 Å². The van der Waals surface area contributed by atoms with Crippen molar-refractivity contribution in [3.63, 3.8) is 0 Å². The van der Waals surface area contributed by atoms with Crippen molar-refractivity contribution >= 4 is 15.9 Å². The molecule has 0 aromatic heterocycles. The molecule has 0 radical (unpaired) electrons. The van der Waals surface area contributed by atoms with Gasteiger partial charge in [-0.15, -0.1) is 0 Å². The third-order valence-electron chi connectivity index (χ3n) is 2.50. The number of aliphatic hydroxyl groups excluding tert-OH is 1. The van der Waals surface area contributed by atoms with Crippen LogP contribution in [0.3, 0.4) is 0 Å². The van der Waals surface area contributed by atoms with E-state index < -0.39 is 6.10 Å². The minimum Gasteiger partial charge on any atom is -0.490 e. The van der Waals surface area contributed by atoms with Gasteiger partial charge in [-0.3, -0.25) is 0 Å². The monoisotopic (exact) mass is 331 g/mol. The van der Waals surface area contributed by atoms with Crippen LogP contribution in [0.2, 0.25) is 0 Å². The first kappa shape index (κ1) is 16.4. The summed E-state index contributed by atoms with van der Waals surface area (Å²) in [6.45, 7) is 5.54. The second kappa shape index (κ2) is 8.53. The summed E-state index contributed by atoms with van der Waals surface area (Å²) < 4.78 is 11.3. The minimum absolute atomic E-state index is 0.218. The number of aliphatic hydroxyl groups is 1. The van der Waals surface area contributed by atoms with Crippen LogP contribution in [0.15, 0.2) is 22.7 Å². The number of ether oxygens (including phenoxy) is 2. The highest BCUT2D eigenvalue weighted by Crippen LogP contribution is 2.26. The van der Waals surface area contributed by atoms with E-state index in [0.717, 1.165) is 16.8 Å². The van der Waals surface area contributed by atoms with Gasteiger partial charge in [-0.2, -0.15) is 0 Å². The average molecular weight is 332 g/mol. The number of methoxy groups -OCH3 is 1. The normalized spacial score (nSPS) is 12.7. The number of hydrogen-bond donors (Lipinski definition) is 2. The van der Waals surface area contributed by atoms with Crippen molar-refractivity contribution in [1.82, 2.24) is 5.32 Å². The summed E-state index contributed by atoms with van der Waals surface area (Å²) in [5.74, 6) is 0.725. The smallest absolute Gasteiger partial charge is 0.133 e. The zero-order chi connectivity index (χ0) is 14.3. The van der Waals surface area contributed by atoms with E-state index in [2.05, 4.69) is 35.1 Å². The van der Waals surface area contributed by atoms with Gasteiger partial charge in [-0.25, -0.2) is 0 Å². The van der Waals surface area contributed by atoms with Crippen molar-refractivity contribution in [2.75, 3.05) is 20.3 Å². The first-order chi connectivity index (χ1) is 9.02. The van der Waals surface area contributed by atoms with E-state index in [1.807, 2.05) is 18.2 Å². The summed E-state index contributed by atoms with van der Waals surface area (Å²) in [4.78, 5) is 0. The van der Waals surface area contributed by atoms with Crippen LogP contribution in [-0.4, -0.2) is 37.6 Å². The van der Waals surface area contributed by atoms with E-state index in [1.54, 1.807) is 7.11 Å². The standard InChI is InChI=1S/C14H22BrNO3/c1-10(2)16-7-11-4-5-14(13(15)6-11)19-9-12(17)8-18-3/h4-6,10,12,16-17H,7-9H2,1-3H3. The Balaban J connectivity index is 2.52. The fourth-order valence-corrected chi connectivity index (χ4v) is 2.06. The maximum Gasteiger partial charge on any atom is 0.133 e. The number of halogens is 1. The average Bonchev–Trinajstić information content (AvgIpc) is 2.35. The van der Waals surface area contributed by atoms with Crippen molar-refractivity contribution in [2.45, 2.75) is 32.5 Å². The Labute approximate surface area is 123 Å². The molecule has 0 amide bonds. The Morgan fingerprint density at radius 1 is 1.32 bits per heavy atom. The largest absolute Gasteiger partial charge is 0.490 e. The van der Waals surface area contributed by atoms with Crippen molar-refractivity contribution in [1.29, 1.82) is 0 Å². The van der Waals surface area contributed by atoms with Gasteiger partial charge in [0.25, 0.3) is 0 Å². The van der Waals surface area contributed by atoms with E-state index >= 15 is 0 Å². The molecule has 1 aromatic rings. The lowest BCUT2D eigenvalue weighted by atomic mass is 10.2. The van der Waals surface area contributed by atoms with Crippen LogP contribution in [0.25, 0.3) is 0 Å². The number of benzene rings is 1. The van der Waals surface area contributed by atoms with Gasteiger partial charge < -0.3 is 19.9 Å². The predicted molar refractivity (Wildman–Crippen MR) is 79.5 cm³/mol. The lowest BCUT2D eigenvalue weighted by Crippen LogP contribution is -2.23. The highest BCUT2D eigenvalue weighted by molar-refractivity contribution is 9.10. The molecule has 2 N–H and O–H groups in total. The zero-order valence-corrected chi connectivity index (χ0v) is 13.2. The Kier molecular flexibility index (Phi) is 7.38. The Morgan fingerprint density at radius 2 is 2.05 bits per heavy atom. The fraction of sp³-hybridized carbons (Fsp3) is 0.571. The molecule has 0 heterocycles. The quantitative estimate of drug-likeness (QED) is 0.767. The Bertz CT molecular complexity index is 385. The molecular weight excluding hydrogens is 310 g/mol. The van der Waals surface area contributed by atoms with Gasteiger partial charge in [0.2, 0.25) is 0 Å². The van der Waals surface area contributed by atoms with Gasteiger partial charge in [0.05, 0.1) is 11.1 Å². The van der Waals surface area contributed by atoms with Gasteiger partial charge >= 0.3 is 0 Å². The van der Waals surface area contributed by atoms with Crippen LogP contribution >= 0.6 is 15.9 Å². The first-order valence-electron chi connectivity index (χ1n) is 6.34. The van der Waals surface area contributed by atoms with Crippen LogP contribution in [-0.2, 0) is 11.3 Å². The third-order valence-corrected chi connectivity index (χ3v) is 3.12. The number of rotatable bonds is 8. The van der Waals surface area contributed by atoms with Crippen molar-refractivity contribution in [3.05, 3.63) is 28.2 Å². The van der Waals surface area contributed by atoms with Crippen molar-refractivity contribution < 1.29 is 14.6 Å². The molecule has 1 rings (SSSR count). The Hall–Kier alpha value is -0.620. The minimum atomic E-state index is -0.612. The highest BCUT2D eigenvalue weighted by Gasteiger charge is 2.07. The molecule has 5 heteroatoms. The molecule has 0 aliphatic heterocycles. The van der Waals surface area contributed by atoms with Crippen LogP contribution < -0.4 is 10.1 Å². The van der Waals surface area contributed by atoms with E-state index in [-0.39, 0.29) is 13.2 Å². The Morgan fingerprint density at radius 3 is 2.63 bits per heavy atom. The molecule has 0 aliphatic carbocycles. The molecule has 0 saturated carbocycles.